The molecular formula is C4H9IN2O. The van der Waals surface area contributed by atoms with E-state index >= 15 is 0 Å². The minimum Gasteiger partial charge on any atom is -0.347 e. The van der Waals surface area contributed by atoms with E-state index in [0.29, 0.717) is 17.5 Å². The predicted molar refractivity (Wildman–Crippen MR) is 40.7 cm³/mol. The summed E-state index contributed by atoms with van der Waals surface area (Å²) in [5.74, 6) is 0.0295. The van der Waals surface area contributed by atoms with Crippen LogP contribution in [0.15, 0.2) is 0 Å². The second kappa shape index (κ2) is 5.30. The summed E-state index contributed by atoms with van der Waals surface area (Å²) < 4.78 is 0.663. The van der Waals surface area contributed by atoms with Crippen molar-refractivity contribution in [2.45, 2.75) is 6.42 Å². The van der Waals surface area contributed by atoms with E-state index in [1.165, 1.54) is 0 Å². The number of hydrogen-bond acceptors (Lipinski definition) is 2. The number of hydrogen-bond donors (Lipinski definition) is 2. The van der Waals surface area contributed by atoms with E-state index in [1.807, 2.05) is 0 Å². The number of nitrogens with two attached hydrogens (primary N) is 1. The number of rotatable bonds is 3. The van der Waals surface area contributed by atoms with Crippen molar-refractivity contribution >= 4 is 28.5 Å². The molecule has 0 saturated carbocycles. The van der Waals surface area contributed by atoms with Crippen molar-refractivity contribution in [1.82, 2.24) is 5.32 Å². The largest absolute Gasteiger partial charge is 0.347 e. The van der Waals surface area contributed by atoms with Crippen molar-refractivity contribution in [3.63, 3.8) is 0 Å². The van der Waals surface area contributed by atoms with Gasteiger partial charge in [0.05, 0.1) is 4.55 Å². The Balaban J connectivity index is 3.06. The van der Waals surface area contributed by atoms with Crippen LogP contribution in [0.3, 0.4) is 0 Å². The van der Waals surface area contributed by atoms with E-state index in [-0.39, 0.29) is 5.91 Å². The Kier molecular flexibility index (Phi) is 5.41. The van der Waals surface area contributed by atoms with Crippen molar-refractivity contribution in [1.29, 1.82) is 0 Å². The predicted octanol–water partition coefficient (Wildman–Crippen LogP) is -0.156. The molecule has 0 radical (unpaired) electrons. The molecule has 1 amide bonds. The minimum atomic E-state index is 0.0295. The smallest absolute Gasteiger partial charge is 0.221 e. The van der Waals surface area contributed by atoms with E-state index in [1.54, 1.807) is 0 Å². The summed E-state index contributed by atoms with van der Waals surface area (Å²) in [5, 5.41) is 2.61. The lowest BCUT2D eigenvalue weighted by Crippen LogP contribution is -2.23. The Morgan fingerprint density at radius 3 is 2.75 bits per heavy atom. The summed E-state index contributed by atoms with van der Waals surface area (Å²) in [6.45, 7) is 0.433. The van der Waals surface area contributed by atoms with Crippen molar-refractivity contribution in [3.8, 4) is 0 Å². The van der Waals surface area contributed by atoms with E-state index in [0.717, 1.165) is 0 Å². The first-order valence-corrected chi connectivity index (χ1v) is 3.86. The molecule has 0 saturated heterocycles. The highest BCUT2D eigenvalue weighted by Gasteiger charge is 1.93. The number of alkyl halides is 1. The number of carbonyl (C=O) groups excluding carboxylic acids is 1. The molecule has 3 N–H and O–H groups in total. The zero-order valence-electron chi connectivity index (χ0n) is 4.48. The lowest BCUT2D eigenvalue weighted by Gasteiger charge is -1.95. The summed E-state index contributed by atoms with van der Waals surface area (Å²) in [6.07, 6.45) is 0.434. The van der Waals surface area contributed by atoms with Gasteiger partial charge in [-0.25, -0.2) is 0 Å². The molecule has 3 nitrogen and oxygen atoms in total. The first-order chi connectivity index (χ1) is 3.81. The van der Waals surface area contributed by atoms with Crippen LogP contribution in [0.4, 0.5) is 0 Å². The van der Waals surface area contributed by atoms with Crippen LogP contribution in [-0.4, -0.2) is 17.0 Å². The number of amides is 1. The SMILES string of the molecule is NCCC(=O)NCI. The normalized spacial score (nSPS) is 8.75. The zero-order valence-corrected chi connectivity index (χ0v) is 6.64. The standard InChI is InChI=1S/C4H9IN2O/c5-3-7-4(8)1-2-6/h1-3,6H2,(H,7,8). The quantitative estimate of drug-likeness (QED) is 0.400. The van der Waals surface area contributed by atoms with Gasteiger partial charge in [-0.05, 0) is 0 Å². The minimum absolute atomic E-state index is 0.0295. The average molecular weight is 228 g/mol. The second-order valence-electron chi connectivity index (χ2n) is 1.27. The molecule has 8 heavy (non-hydrogen) atoms. The molecule has 0 rings (SSSR count). The van der Waals surface area contributed by atoms with Crippen molar-refractivity contribution < 1.29 is 4.79 Å². The van der Waals surface area contributed by atoms with Gasteiger partial charge in [0, 0.05) is 13.0 Å². The molecule has 0 fully saturated rings. The van der Waals surface area contributed by atoms with E-state index in [2.05, 4.69) is 27.9 Å². The molecule has 0 aromatic carbocycles. The molecule has 0 aromatic heterocycles. The fourth-order valence-electron chi connectivity index (χ4n) is 0.294. The van der Waals surface area contributed by atoms with Crippen LogP contribution in [-0.2, 0) is 4.79 Å². The van der Waals surface area contributed by atoms with Crippen LogP contribution in [0.5, 0.6) is 0 Å². The van der Waals surface area contributed by atoms with Gasteiger partial charge in [-0.2, -0.15) is 0 Å². The molecule has 0 aromatic rings. The Bertz CT molecular complexity index is 68.4. The Morgan fingerprint density at radius 2 is 2.38 bits per heavy atom. The molecule has 0 bridgehead atoms. The van der Waals surface area contributed by atoms with Crippen LogP contribution < -0.4 is 11.1 Å². The Morgan fingerprint density at radius 1 is 1.75 bits per heavy atom. The summed E-state index contributed by atoms with van der Waals surface area (Å²) in [7, 11) is 0. The second-order valence-corrected chi connectivity index (χ2v) is 2.04. The highest BCUT2D eigenvalue weighted by atomic mass is 127. The average Bonchev–Trinajstić information content (AvgIpc) is 1.68. The van der Waals surface area contributed by atoms with Crippen molar-refractivity contribution in [3.05, 3.63) is 0 Å². The summed E-state index contributed by atoms with van der Waals surface area (Å²) >= 11 is 2.07. The van der Waals surface area contributed by atoms with Gasteiger partial charge in [0.1, 0.15) is 0 Å². The highest BCUT2D eigenvalue weighted by Crippen LogP contribution is 1.77. The monoisotopic (exact) mass is 228 g/mol. The molecule has 0 atom stereocenters. The molecule has 0 aliphatic rings. The molecule has 4 heteroatoms. The van der Waals surface area contributed by atoms with E-state index in [4.69, 9.17) is 5.73 Å². The molecule has 0 heterocycles. The van der Waals surface area contributed by atoms with E-state index < -0.39 is 0 Å². The lowest BCUT2D eigenvalue weighted by atomic mass is 10.4. The fourth-order valence-corrected chi connectivity index (χ4v) is 0.719. The van der Waals surface area contributed by atoms with Gasteiger partial charge in [0.15, 0.2) is 0 Å². The van der Waals surface area contributed by atoms with Gasteiger partial charge in [0.2, 0.25) is 5.91 Å². The molecular weight excluding hydrogens is 219 g/mol. The summed E-state index contributed by atoms with van der Waals surface area (Å²) in [5.41, 5.74) is 5.10. The van der Waals surface area contributed by atoms with Gasteiger partial charge in [-0.1, -0.05) is 22.6 Å². The van der Waals surface area contributed by atoms with E-state index in [9.17, 15) is 4.79 Å². The Hall–Kier alpha value is 0.160. The van der Waals surface area contributed by atoms with Crippen LogP contribution in [0.1, 0.15) is 6.42 Å². The topological polar surface area (TPSA) is 55.1 Å². The molecule has 48 valence electrons. The van der Waals surface area contributed by atoms with Gasteiger partial charge < -0.3 is 11.1 Å². The maximum absolute atomic E-state index is 10.4. The van der Waals surface area contributed by atoms with Gasteiger partial charge in [-0.3, -0.25) is 4.79 Å². The first-order valence-electron chi connectivity index (χ1n) is 2.34. The third-order valence-corrected chi connectivity index (χ3v) is 1.02. The molecule has 0 unspecified atom stereocenters. The maximum atomic E-state index is 10.4. The number of halogens is 1. The highest BCUT2D eigenvalue weighted by molar-refractivity contribution is 14.1. The number of nitrogens with one attached hydrogen (secondary N) is 1. The van der Waals surface area contributed by atoms with Crippen molar-refractivity contribution in [2.75, 3.05) is 11.1 Å². The van der Waals surface area contributed by atoms with Crippen LogP contribution in [0.2, 0.25) is 0 Å². The summed E-state index contributed by atoms with van der Waals surface area (Å²) in [4.78, 5) is 10.4. The third-order valence-electron chi connectivity index (χ3n) is 0.635. The van der Waals surface area contributed by atoms with Crippen molar-refractivity contribution in [2.24, 2.45) is 5.73 Å². The van der Waals surface area contributed by atoms with Gasteiger partial charge in [-0.15, -0.1) is 0 Å². The van der Waals surface area contributed by atoms with Crippen LogP contribution >= 0.6 is 22.6 Å². The third kappa shape index (κ3) is 4.32. The maximum Gasteiger partial charge on any atom is 0.221 e. The first kappa shape index (κ1) is 8.16. The Labute approximate surface area is 62.1 Å². The van der Waals surface area contributed by atoms with Gasteiger partial charge >= 0.3 is 0 Å². The fraction of sp³-hybridized carbons (Fsp3) is 0.750. The van der Waals surface area contributed by atoms with Gasteiger partial charge in [0.25, 0.3) is 0 Å². The summed E-state index contributed by atoms with van der Waals surface area (Å²) in [6, 6.07) is 0. The lowest BCUT2D eigenvalue weighted by molar-refractivity contribution is -0.120. The molecule has 0 aliphatic carbocycles. The number of carbonyl (C=O) groups is 1. The molecule has 0 spiro atoms. The molecule has 0 aliphatic heterocycles. The van der Waals surface area contributed by atoms with Crippen LogP contribution in [0, 0.1) is 0 Å². The van der Waals surface area contributed by atoms with Crippen LogP contribution in [0.25, 0.3) is 0 Å². The zero-order chi connectivity index (χ0) is 6.41.